The lowest BCUT2D eigenvalue weighted by molar-refractivity contribution is 0.0683. The van der Waals surface area contributed by atoms with E-state index in [1.807, 2.05) is 36.4 Å². The van der Waals surface area contributed by atoms with Gasteiger partial charge >= 0.3 is 11.9 Å². The number of hydrogen-bond donors (Lipinski definition) is 5. The number of aromatic nitrogens is 2. The molecular weight excluding hydrogens is 658 g/mol. The molecule has 0 bridgehead atoms. The summed E-state index contributed by atoms with van der Waals surface area (Å²) < 4.78 is 6.72. The first-order valence-electron chi connectivity index (χ1n) is 16.4. The Hall–Kier alpha value is -7.27. The fourth-order valence-corrected chi connectivity index (χ4v) is 6.68. The maximum Gasteiger partial charge on any atom is 0.354 e. The molecule has 1 aliphatic carbocycles. The number of nitrogen functional groups attached to an aromatic ring is 1. The number of benzene rings is 5. The van der Waals surface area contributed by atoms with E-state index in [0.717, 1.165) is 16.6 Å². The smallest absolute Gasteiger partial charge is 0.354 e. The van der Waals surface area contributed by atoms with Crippen LogP contribution in [0, 0.1) is 0 Å². The van der Waals surface area contributed by atoms with Crippen molar-refractivity contribution in [3.05, 3.63) is 148 Å². The number of nitrogens with two attached hydrogens (primary N) is 1. The van der Waals surface area contributed by atoms with Gasteiger partial charge in [-0.3, -0.25) is 9.78 Å². The molecule has 0 radical (unpaired) electrons. The number of carboxylic acids is 2. The molecule has 0 spiro atoms. The molecule has 52 heavy (non-hydrogen) atoms. The van der Waals surface area contributed by atoms with Crippen LogP contribution < -0.4 is 21.8 Å². The number of pyridine rings is 2. The van der Waals surface area contributed by atoms with Crippen LogP contribution in [0.2, 0.25) is 0 Å². The summed E-state index contributed by atoms with van der Waals surface area (Å²) >= 11 is 0. The second kappa shape index (κ2) is 12.9. The number of nitrogens with one attached hydrogen (secondary N) is 2. The average molecular weight is 688 g/mol. The summed E-state index contributed by atoms with van der Waals surface area (Å²) in [5.41, 5.74) is 12.0. The van der Waals surface area contributed by atoms with Crippen LogP contribution in [-0.4, -0.2) is 32.1 Å². The Morgan fingerprint density at radius 2 is 1.40 bits per heavy atom. The first-order valence-corrected chi connectivity index (χ1v) is 16.4. The Morgan fingerprint density at radius 3 is 2.17 bits per heavy atom. The van der Waals surface area contributed by atoms with E-state index >= 15 is 0 Å². The number of hydrogen-bond acceptors (Lipinski definition) is 9. The number of rotatable bonds is 9. The van der Waals surface area contributed by atoms with Crippen molar-refractivity contribution in [2.75, 3.05) is 16.4 Å². The average Bonchev–Trinajstić information content (AvgIpc) is 3.16. The lowest BCUT2D eigenvalue weighted by Crippen LogP contribution is -2.15. The molecule has 2 aliphatic rings. The highest BCUT2D eigenvalue weighted by Crippen LogP contribution is 2.44. The molecule has 0 unspecified atom stereocenters. The van der Waals surface area contributed by atoms with Crippen molar-refractivity contribution < 1.29 is 24.2 Å². The molecule has 8 rings (SSSR count). The molecule has 11 heteroatoms. The van der Waals surface area contributed by atoms with Crippen molar-refractivity contribution in [2.24, 2.45) is 0 Å². The minimum absolute atomic E-state index is 0.0130. The van der Waals surface area contributed by atoms with Crippen molar-refractivity contribution in [1.29, 1.82) is 0 Å². The summed E-state index contributed by atoms with van der Waals surface area (Å²) in [6.07, 6.45) is 1.73. The maximum absolute atomic E-state index is 13.7. The quantitative estimate of drug-likeness (QED) is 0.0736. The van der Waals surface area contributed by atoms with Gasteiger partial charge in [-0.2, -0.15) is 0 Å². The molecule has 6 N–H and O–H groups in total. The van der Waals surface area contributed by atoms with Crippen LogP contribution in [0.15, 0.2) is 125 Å². The van der Waals surface area contributed by atoms with Crippen molar-refractivity contribution in [1.82, 2.24) is 9.97 Å². The summed E-state index contributed by atoms with van der Waals surface area (Å²) in [5.74, 6) is -2.01. The molecule has 6 aromatic rings. The molecule has 0 fully saturated rings. The molecule has 3 heterocycles. The van der Waals surface area contributed by atoms with Gasteiger partial charge in [0.1, 0.15) is 17.0 Å². The molecule has 0 saturated carbocycles. The predicted octanol–water partition coefficient (Wildman–Crippen LogP) is 7.86. The highest BCUT2D eigenvalue weighted by Gasteiger charge is 2.26. The van der Waals surface area contributed by atoms with Crippen LogP contribution in [0.4, 0.5) is 17.1 Å². The highest BCUT2D eigenvalue weighted by molar-refractivity contribution is 6.09. The van der Waals surface area contributed by atoms with Crippen LogP contribution in [-0.2, 0) is 13.1 Å². The second-order valence-corrected chi connectivity index (χ2v) is 12.2. The molecule has 0 atom stereocenters. The topological polar surface area (TPSA) is 181 Å². The first kappa shape index (κ1) is 32.0. The largest absolute Gasteiger partial charge is 0.478 e. The molecule has 4 aromatic carbocycles. The maximum atomic E-state index is 13.7. The lowest BCUT2D eigenvalue weighted by Gasteiger charge is -2.21. The van der Waals surface area contributed by atoms with E-state index in [-0.39, 0.29) is 41.1 Å². The summed E-state index contributed by atoms with van der Waals surface area (Å²) in [6, 6.07) is 31.5. The SMILES string of the molecule is Nc1ccc2c(-c3ccccc3C(=O)O)c3ccc(=O)c(CNc4cccc5ccc(C(=O)O)nc45)c-3oc2c1CNc1cccc2cccnc12. The summed E-state index contributed by atoms with van der Waals surface area (Å²) in [5, 5.41) is 28.8. The van der Waals surface area contributed by atoms with Gasteiger partial charge in [-0.1, -0.05) is 54.6 Å². The van der Waals surface area contributed by atoms with E-state index in [1.165, 1.54) is 18.2 Å². The van der Waals surface area contributed by atoms with Gasteiger partial charge in [0.15, 0.2) is 5.43 Å². The zero-order chi connectivity index (χ0) is 35.9. The standard InChI is InChI=1S/C41H29N5O6/c42-30-16-14-26-35(24-9-1-2-10-25(24)40(48)49)27-15-18-34(47)29(21-45-32-12-4-7-23-13-17-33(41(50)51)46-37(23)32)39(27)52-38(26)28(30)20-44-31-11-3-6-22-8-5-19-43-36(22)31/h1-19,44-45H,20-21,42H2,(H,48,49)(H,50,51). The molecule has 2 aromatic heterocycles. The molecule has 254 valence electrons. The Morgan fingerprint density at radius 1 is 0.692 bits per heavy atom. The van der Waals surface area contributed by atoms with Gasteiger partial charge in [-0.05, 0) is 60.2 Å². The van der Waals surface area contributed by atoms with Gasteiger partial charge in [0.25, 0.3) is 0 Å². The van der Waals surface area contributed by atoms with Crippen molar-refractivity contribution in [3.63, 3.8) is 0 Å². The monoisotopic (exact) mass is 687 g/mol. The third kappa shape index (κ3) is 5.56. The first-order chi connectivity index (χ1) is 25.3. The van der Waals surface area contributed by atoms with Crippen LogP contribution in [0.1, 0.15) is 32.0 Å². The fourth-order valence-electron chi connectivity index (χ4n) is 6.68. The summed E-state index contributed by atoms with van der Waals surface area (Å²) in [6.45, 7) is 0.215. The summed E-state index contributed by atoms with van der Waals surface area (Å²) in [7, 11) is 0. The van der Waals surface area contributed by atoms with E-state index in [2.05, 4.69) is 20.6 Å². The normalized spacial score (nSPS) is 11.3. The van der Waals surface area contributed by atoms with Gasteiger partial charge in [0.2, 0.25) is 0 Å². The van der Waals surface area contributed by atoms with Crippen LogP contribution >= 0.6 is 0 Å². The van der Waals surface area contributed by atoms with Crippen molar-refractivity contribution in [3.8, 4) is 22.5 Å². The molecule has 0 saturated heterocycles. The molecular formula is C41H29N5O6. The number of anilines is 3. The number of para-hydroxylation sites is 2. The van der Waals surface area contributed by atoms with Crippen LogP contribution in [0.5, 0.6) is 0 Å². The molecule has 0 amide bonds. The van der Waals surface area contributed by atoms with Gasteiger partial charge in [-0.25, -0.2) is 14.6 Å². The Bertz CT molecular complexity index is 2750. The Balaban J connectivity index is 1.32. The van der Waals surface area contributed by atoms with Gasteiger partial charge in [0, 0.05) is 57.8 Å². The molecule has 11 nitrogen and oxygen atoms in total. The molecule has 1 aliphatic heterocycles. The third-order valence-corrected chi connectivity index (χ3v) is 9.17. The second-order valence-electron chi connectivity index (χ2n) is 12.2. The third-order valence-electron chi connectivity index (χ3n) is 9.17. The Labute approximate surface area is 295 Å². The zero-order valence-corrected chi connectivity index (χ0v) is 27.4. The van der Waals surface area contributed by atoms with Crippen LogP contribution in [0.25, 0.3) is 55.2 Å². The number of fused-ring (bicyclic) bond motifs is 4. The summed E-state index contributed by atoms with van der Waals surface area (Å²) in [4.78, 5) is 46.8. The lowest BCUT2D eigenvalue weighted by atomic mass is 9.88. The number of aromatic carboxylic acids is 2. The Kier molecular flexibility index (Phi) is 7.92. The van der Waals surface area contributed by atoms with Crippen LogP contribution in [0.3, 0.4) is 0 Å². The van der Waals surface area contributed by atoms with Gasteiger partial charge < -0.3 is 31.0 Å². The van der Waals surface area contributed by atoms with E-state index < -0.39 is 11.9 Å². The zero-order valence-electron chi connectivity index (χ0n) is 27.4. The number of carbonyl (C=O) groups is 2. The van der Waals surface area contributed by atoms with E-state index in [0.29, 0.717) is 55.5 Å². The predicted molar refractivity (Wildman–Crippen MR) is 201 cm³/mol. The van der Waals surface area contributed by atoms with Crippen molar-refractivity contribution in [2.45, 2.75) is 13.1 Å². The van der Waals surface area contributed by atoms with E-state index in [9.17, 15) is 24.6 Å². The minimum Gasteiger partial charge on any atom is -0.478 e. The number of nitrogens with zero attached hydrogens (tertiary/aromatic N) is 2. The van der Waals surface area contributed by atoms with Gasteiger partial charge in [0.05, 0.1) is 33.5 Å². The van der Waals surface area contributed by atoms with Crippen molar-refractivity contribution >= 4 is 61.8 Å². The van der Waals surface area contributed by atoms with Gasteiger partial charge in [-0.15, -0.1) is 0 Å². The number of carboxylic acid groups (broad SMARTS) is 2. The van der Waals surface area contributed by atoms with E-state index in [4.69, 9.17) is 10.2 Å². The minimum atomic E-state index is -1.16. The fraction of sp³-hybridized carbons (Fsp3) is 0.0488. The van der Waals surface area contributed by atoms with E-state index in [1.54, 1.807) is 60.8 Å². The highest BCUT2D eigenvalue weighted by atomic mass is 16.4.